The van der Waals surface area contributed by atoms with Gasteiger partial charge in [-0.2, -0.15) is 0 Å². The maximum atomic E-state index is 11.4. The lowest BCUT2D eigenvalue weighted by Gasteiger charge is -2.35. The summed E-state index contributed by atoms with van der Waals surface area (Å²) in [4.78, 5) is 12.9. The Morgan fingerprint density at radius 3 is 2.18 bits per heavy atom. The van der Waals surface area contributed by atoms with Crippen LogP contribution in [0.25, 0.3) is 0 Å². The number of carboxylic acid groups (broad SMARTS) is 1. The van der Waals surface area contributed by atoms with Gasteiger partial charge in [0.25, 0.3) is 0 Å². The van der Waals surface area contributed by atoms with Crippen LogP contribution >= 0.6 is 0 Å². The number of hydrogen-bond acceptors (Lipinski definition) is 2. The van der Waals surface area contributed by atoms with Gasteiger partial charge in [-0.15, -0.1) is 0 Å². The lowest BCUT2D eigenvalue weighted by Crippen LogP contribution is -2.49. The van der Waals surface area contributed by atoms with Crippen LogP contribution < -0.4 is 0 Å². The summed E-state index contributed by atoms with van der Waals surface area (Å²) in [6.45, 7) is 10.6. The number of carbonyl (C=O) groups is 1. The Hall–Kier alpha value is -1.06. The molecule has 1 aliphatic heterocycles. The molecule has 1 rings (SSSR count). The number of hydrogen-bond donors (Lipinski definition) is 2. The molecule has 2 N–H and O–H groups in total. The predicted octanol–water partition coefficient (Wildman–Crippen LogP) is 3.22. The molecule has 1 heterocycles. The summed E-state index contributed by atoms with van der Waals surface area (Å²) in [6, 6.07) is 0. The van der Waals surface area contributed by atoms with Gasteiger partial charge in [0.05, 0.1) is 5.54 Å². The monoisotopic (exact) mass is 240 g/mol. The molecule has 1 amide bonds. The molecule has 1 saturated heterocycles. The van der Waals surface area contributed by atoms with Gasteiger partial charge in [-0.1, -0.05) is 34.6 Å². The van der Waals surface area contributed by atoms with Crippen molar-refractivity contribution >= 4 is 11.8 Å². The van der Waals surface area contributed by atoms with Crippen molar-refractivity contribution < 1.29 is 9.90 Å². The van der Waals surface area contributed by atoms with E-state index in [1.165, 1.54) is 4.90 Å². The number of nitrogens with one attached hydrogen (secondary N) is 1. The highest BCUT2D eigenvalue weighted by atomic mass is 16.4. The molecule has 0 aromatic heterocycles. The smallest absolute Gasteiger partial charge is 0.408 e. The van der Waals surface area contributed by atoms with Crippen molar-refractivity contribution in [3.8, 4) is 0 Å². The third-order valence-corrected chi connectivity index (χ3v) is 4.18. The first-order chi connectivity index (χ1) is 7.70. The van der Waals surface area contributed by atoms with E-state index >= 15 is 0 Å². The average Bonchev–Trinajstić information content (AvgIpc) is 2.51. The highest BCUT2D eigenvalue weighted by Crippen LogP contribution is 2.42. The third-order valence-electron chi connectivity index (χ3n) is 4.18. The fourth-order valence-corrected chi connectivity index (χ4v) is 2.90. The molecule has 0 bridgehead atoms. The molecule has 1 unspecified atom stereocenters. The van der Waals surface area contributed by atoms with E-state index in [1.54, 1.807) is 0 Å². The van der Waals surface area contributed by atoms with Crippen LogP contribution in [-0.2, 0) is 0 Å². The van der Waals surface area contributed by atoms with Crippen LogP contribution in [0.3, 0.4) is 0 Å². The predicted molar refractivity (Wildman–Crippen MR) is 68.7 cm³/mol. The maximum absolute atomic E-state index is 11.4. The largest absolute Gasteiger partial charge is 0.465 e. The Labute approximate surface area is 104 Å². The van der Waals surface area contributed by atoms with Crippen molar-refractivity contribution in [3.63, 3.8) is 0 Å². The normalized spacial score (nSPS) is 24.2. The highest BCUT2D eigenvalue weighted by Gasteiger charge is 2.53. The minimum absolute atomic E-state index is 0.0264. The average molecular weight is 240 g/mol. The minimum atomic E-state index is -0.898. The van der Waals surface area contributed by atoms with E-state index in [2.05, 4.69) is 20.8 Å². The molecule has 0 aromatic carbocycles. The molecular formula is C13H24N2O2. The summed E-state index contributed by atoms with van der Waals surface area (Å²) in [5, 5.41) is 17.7. The van der Waals surface area contributed by atoms with Gasteiger partial charge >= 0.3 is 6.09 Å². The molecule has 98 valence electrons. The Morgan fingerprint density at radius 2 is 1.94 bits per heavy atom. The summed E-state index contributed by atoms with van der Waals surface area (Å²) in [5.41, 5.74) is -0.0434. The molecule has 0 radical (unpaired) electrons. The van der Waals surface area contributed by atoms with Crippen LogP contribution in [0, 0.1) is 16.7 Å². The van der Waals surface area contributed by atoms with E-state index in [0.717, 1.165) is 0 Å². The van der Waals surface area contributed by atoms with Gasteiger partial charge in [0.1, 0.15) is 0 Å². The van der Waals surface area contributed by atoms with Gasteiger partial charge in [-0.05, 0) is 18.3 Å². The van der Waals surface area contributed by atoms with Crippen molar-refractivity contribution in [1.29, 1.82) is 5.41 Å². The zero-order valence-corrected chi connectivity index (χ0v) is 11.5. The Balaban J connectivity index is 3.19. The molecular weight excluding hydrogens is 216 g/mol. The Morgan fingerprint density at radius 1 is 1.47 bits per heavy atom. The van der Waals surface area contributed by atoms with E-state index in [-0.39, 0.29) is 11.3 Å². The number of nitrogens with zero attached hydrogens (tertiary/aromatic N) is 1. The summed E-state index contributed by atoms with van der Waals surface area (Å²) in [7, 11) is 0. The first kappa shape index (κ1) is 14.0. The van der Waals surface area contributed by atoms with E-state index in [9.17, 15) is 9.90 Å². The Bertz CT molecular complexity index is 327. The molecule has 1 fully saturated rings. The molecule has 4 heteroatoms. The van der Waals surface area contributed by atoms with Gasteiger partial charge < -0.3 is 10.5 Å². The second-order valence-corrected chi connectivity index (χ2v) is 5.96. The SMILES string of the molecule is CCC1(CC)C(=N)C(C(C)(C)C)CN1C(=O)O. The van der Waals surface area contributed by atoms with E-state index in [4.69, 9.17) is 5.41 Å². The summed E-state index contributed by atoms with van der Waals surface area (Å²) in [5.74, 6) is 0.0264. The topological polar surface area (TPSA) is 64.4 Å². The molecule has 0 saturated carbocycles. The van der Waals surface area contributed by atoms with Crippen molar-refractivity contribution in [1.82, 2.24) is 4.90 Å². The summed E-state index contributed by atoms with van der Waals surface area (Å²) in [6.07, 6.45) is 0.466. The fraction of sp³-hybridized carbons (Fsp3) is 0.846. The van der Waals surface area contributed by atoms with Crippen LogP contribution in [-0.4, -0.2) is 33.9 Å². The van der Waals surface area contributed by atoms with Crippen molar-refractivity contribution in [2.75, 3.05) is 6.54 Å². The maximum Gasteiger partial charge on any atom is 0.408 e. The van der Waals surface area contributed by atoms with Crippen molar-refractivity contribution in [2.45, 2.75) is 53.0 Å². The van der Waals surface area contributed by atoms with Crippen LogP contribution in [0.2, 0.25) is 0 Å². The van der Waals surface area contributed by atoms with Crippen LogP contribution in [0.5, 0.6) is 0 Å². The number of rotatable bonds is 2. The molecule has 0 aromatic rings. The van der Waals surface area contributed by atoms with Gasteiger partial charge in [0, 0.05) is 18.2 Å². The van der Waals surface area contributed by atoms with Gasteiger partial charge in [0.15, 0.2) is 0 Å². The van der Waals surface area contributed by atoms with Crippen LogP contribution in [0.1, 0.15) is 47.5 Å². The summed E-state index contributed by atoms with van der Waals surface area (Å²) >= 11 is 0. The number of amides is 1. The van der Waals surface area contributed by atoms with Crippen molar-refractivity contribution in [2.24, 2.45) is 11.3 Å². The van der Waals surface area contributed by atoms with Gasteiger partial charge in [0.2, 0.25) is 0 Å². The minimum Gasteiger partial charge on any atom is -0.465 e. The fourth-order valence-electron chi connectivity index (χ4n) is 2.90. The molecule has 17 heavy (non-hydrogen) atoms. The van der Waals surface area contributed by atoms with Gasteiger partial charge in [-0.3, -0.25) is 4.90 Å². The molecule has 0 aliphatic carbocycles. The zero-order chi connectivity index (χ0) is 13.4. The van der Waals surface area contributed by atoms with Crippen LogP contribution in [0.15, 0.2) is 0 Å². The first-order valence-electron chi connectivity index (χ1n) is 6.30. The van der Waals surface area contributed by atoms with Crippen molar-refractivity contribution in [3.05, 3.63) is 0 Å². The van der Waals surface area contributed by atoms with E-state index in [1.807, 2.05) is 13.8 Å². The molecule has 1 atom stereocenters. The quantitative estimate of drug-likeness (QED) is 0.778. The second kappa shape index (κ2) is 4.31. The Kier molecular flexibility index (Phi) is 3.55. The van der Waals surface area contributed by atoms with E-state index < -0.39 is 11.6 Å². The molecule has 1 aliphatic rings. The molecule has 4 nitrogen and oxygen atoms in total. The summed E-state index contributed by atoms with van der Waals surface area (Å²) < 4.78 is 0. The third kappa shape index (κ3) is 2.05. The van der Waals surface area contributed by atoms with Gasteiger partial charge in [-0.25, -0.2) is 4.79 Å². The zero-order valence-electron chi connectivity index (χ0n) is 11.5. The lowest BCUT2D eigenvalue weighted by atomic mass is 9.74. The first-order valence-corrected chi connectivity index (χ1v) is 6.30. The van der Waals surface area contributed by atoms with Crippen LogP contribution in [0.4, 0.5) is 4.79 Å². The standard InChI is InChI=1S/C13H24N2O2/c1-6-13(7-2)10(14)9(12(3,4)5)8-15(13)11(16)17/h9,14H,6-8H2,1-5H3,(H,16,17). The van der Waals surface area contributed by atoms with E-state index in [0.29, 0.717) is 25.1 Å². The lowest BCUT2D eigenvalue weighted by molar-refractivity contribution is 0.108. The highest BCUT2D eigenvalue weighted by molar-refractivity contribution is 5.98. The number of likely N-dealkylation sites (tertiary alicyclic amines) is 1. The molecule has 0 spiro atoms. The second-order valence-electron chi connectivity index (χ2n) is 5.96.